The molecule has 1 aliphatic carbocycles. The van der Waals surface area contributed by atoms with E-state index in [1.807, 2.05) is 11.3 Å². The first-order valence-corrected chi connectivity index (χ1v) is 18.7. The molecule has 0 fully saturated rings. The topological polar surface area (TPSA) is 16.4 Å². The van der Waals surface area contributed by atoms with Crippen molar-refractivity contribution in [2.24, 2.45) is 0 Å². The molecule has 2 nitrogen and oxygen atoms in total. The van der Waals surface area contributed by atoms with Gasteiger partial charge in [-0.25, -0.2) is 0 Å². The van der Waals surface area contributed by atoms with Gasteiger partial charge in [0.2, 0.25) is 0 Å². The van der Waals surface area contributed by atoms with Gasteiger partial charge >= 0.3 is 0 Å². The predicted octanol–water partition coefficient (Wildman–Crippen LogP) is 14.6. The van der Waals surface area contributed by atoms with Crippen LogP contribution >= 0.6 is 11.3 Å². The van der Waals surface area contributed by atoms with Gasteiger partial charge in [0.25, 0.3) is 0 Å². The van der Waals surface area contributed by atoms with Crippen LogP contribution in [0.3, 0.4) is 0 Å². The summed E-state index contributed by atoms with van der Waals surface area (Å²) in [5, 5.41) is 7.21. The number of fused-ring (bicyclic) bond motifs is 11. The maximum Gasteiger partial charge on any atom is 0.143 e. The van der Waals surface area contributed by atoms with Gasteiger partial charge in [-0.2, -0.15) is 0 Å². The van der Waals surface area contributed by atoms with E-state index in [0.29, 0.717) is 0 Å². The van der Waals surface area contributed by atoms with Crippen LogP contribution in [0, 0.1) is 0 Å². The van der Waals surface area contributed by atoms with Gasteiger partial charge in [0.05, 0.1) is 5.69 Å². The summed E-state index contributed by atoms with van der Waals surface area (Å²) < 4.78 is 9.14. The average molecular weight is 684 g/mol. The summed E-state index contributed by atoms with van der Waals surface area (Å²) in [5.41, 5.74) is 13.0. The van der Waals surface area contributed by atoms with Crippen molar-refractivity contribution in [2.75, 3.05) is 4.90 Å². The van der Waals surface area contributed by atoms with E-state index >= 15 is 0 Å². The predicted molar refractivity (Wildman–Crippen MR) is 222 cm³/mol. The highest BCUT2D eigenvalue weighted by Crippen LogP contribution is 2.52. The summed E-state index contributed by atoms with van der Waals surface area (Å²) in [7, 11) is 0. The molecule has 3 heteroatoms. The molecular weight excluding hydrogens is 651 g/mol. The molecule has 52 heavy (non-hydrogen) atoms. The van der Waals surface area contributed by atoms with Gasteiger partial charge in [-0.15, -0.1) is 11.3 Å². The molecule has 0 aliphatic heterocycles. The zero-order valence-corrected chi connectivity index (χ0v) is 29.7. The van der Waals surface area contributed by atoms with Crippen LogP contribution < -0.4 is 4.90 Å². The number of nitrogens with zero attached hydrogens (tertiary/aromatic N) is 1. The van der Waals surface area contributed by atoms with E-state index in [-0.39, 0.29) is 5.41 Å². The molecule has 0 spiro atoms. The fourth-order valence-electron chi connectivity index (χ4n) is 8.79. The minimum absolute atomic E-state index is 0.101. The van der Waals surface area contributed by atoms with Crippen molar-refractivity contribution in [3.05, 3.63) is 175 Å². The van der Waals surface area contributed by atoms with E-state index < -0.39 is 0 Å². The molecule has 0 atom stereocenters. The molecule has 2 aromatic heterocycles. The zero-order chi connectivity index (χ0) is 34.6. The van der Waals surface area contributed by atoms with Crippen molar-refractivity contribution >= 4 is 81.3 Å². The molecule has 2 heterocycles. The summed E-state index contributed by atoms with van der Waals surface area (Å²) in [6.07, 6.45) is 0. The third-order valence-electron chi connectivity index (χ3n) is 11.3. The lowest BCUT2D eigenvalue weighted by atomic mass is 9.82. The number of rotatable bonds is 4. The Morgan fingerprint density at radius 2 is 1.21 bits per heavy atom. The Hall–Kier alpha value is -6.16. The van der Waals surface area contributed by atoms with Gasteiger partial charge in [0, 0.05) is 53.1 Å². The average Bonchev–Trinajstić information content (AvgIpc) is 3.84. The first-order valence-electron chi connectivity index (χ1n) is 17.9. The molecular formula is C49H33NOS. The van der Waals surface area contributed by atoms with Crippen molar-refractivity contribution in [3.8, 4) is 22.3 Å². The van der Waals surface area contributed by atoms with Crippen LogP contribution in [0.1, 0.15) is 25.0 Å². The van der Waals surface area contributed by atoms with E-state index in [1.54, 1.807) is 0 Å². The number of hydrogen-bond acceptors (Lipinski definition) is 3. The van der Waals surface area contributed by atoms with Crippen molar-refractivity contribution in [3.63, 3.8) is 0 Å². The van der Waals surface area contributed by atoms with Crippen molar-refractivity contribution < 1.29 is 4.42 Å². The van der Waals surface area contributed by atoms with Gasteiger partial charge in [0.15, 0.2) is 0 Å². The highest BCUT2D eigenvalue weighted by molar-refractivity contribution is 7.26. The first-order chi connectivity index (χ1) is 25.5. The Morgan fingerprint density at radius 3 is 2.12 bits per heavy atom. The Balaban J connectivity index is 1.11. The van der Waals surface area contributed by atoms with Crippen LogP contribution in [0.5, 0.6) is 0 Å². The first kappa shape index (κ1) is 29.6. The van der Waals surface area contributed by atoms with Crippen LogP contribution in [-0.4, -0.2) is 0 Å². The molecule has 0 N–H and O–H groups in total. The summed E-state index contributed by atoms with van der Waals surface area (Å²) in [4.78, 5) is 2.46. The molecule has 10 aromatic rings. The van der Waals surface area contributed by atoms with Gasteiger partial charge < -0.3 is 9.32 Å². The van der Waals surface area contributed by atoms with Crippen LogP contribution in [-0.2, 0) is 5.41 Å². The Morgan fingerprint density at radius 1 is 0.500 bits per heavy atom. The number of benzene rings is 8. The number of hydrogen-bond donors (Lipinski definition) is 0. The van der Waals surface area contributed by atoms with Crippen LogP contribution in [0.4, 0.5) is 17.1 Å². The van der Waals surface area contributed by atoms with Crippen LogP contribution in [0.2, 0.25) is 0 Å². The van der Waals surface area contributed by atoms with Crippen molar-refractivity contribution in [1.29, 1.82) is 0 Å². The summed E-state index contributed by atoms with van der Waals surface area (Å²) in [6.45, 7) is 4.72. The zero-order valence-electron chi connectivity index (χ0n) is 28.9. The second-order valence-corrected chi connectivity index (χ2v) is 15.6. The third-order valence-corrected chi connectivity index (χ3v) is 12.4. The van der Waals surface area contributed by atoms with Gasteiger partial charge in [0.1, 0.15) is 11.2 Å². The van der Waals surface area contributed by atoms with E-state index in [1.165, 1.54) is 59.1 Å². The quantitative estimate of drug-likeness (QED) is 0.184. The largest absolute Gasteiger partial charge is 0.455 e. The summed E-state index contributed by atoms with van der Waals surface area (Å²) in [6, 6.07) is 59.9. The standard InChI is InChI=1S/C49H33NOS/c1-49(2)40-16-7-5-13-36(40)37-28-26-33(29-41(37)49)50(42-17-10-20-45-47(42)38-14-6-8-19-44(38)52-45)32-24-21-31(22-25-32)34-15-9-18-43-46(34)39-27-23-30-11-3-4-12-35(30)48(39)51-43/h3-29H,1-2H3. The van der Waals surface area contributed by atoms with Gasteiger partial charge in [-0.05, 0) is 93.4 Å². The molecule has 0 bridgehead atoms. The lowest BCUT2D eigenvalue weighted by Crippen LogP contribution is -2.16. The number of furan rings is 1. The second kappa shape index (κ2) is 10.9. The smallest absolute Gasteiger partial charge is 0.143 e. The number of thiophene rings is 1. The molecule has 11 rings (SSSR count). The lowest BCUT2D eigenvalue weighted by molar-refractivity contribution is 0.660. The Labute approximate surface area is 305 Å². The van der Waals surface area contributed by atoms with E-state index in [0.717, 1.165) is 44.3 Å². The Kier molecular flexibility index (Phi) is 6.21. The maximum absolute atomic E-state index is 6.54. The molecule has 0 radical (unpaired) electrons. The lowest BCUT2D eigenvalue weighted by Gasteiger charge is -2.29. The molecule has 0 saturated carbocycles. The second-order valence-electron chi connectivity index (χ2n) is 14.5. The van der Waals surface area contributed by atoms with Crippen LogP contribution in [0.15, 0.2) is 168 Å². The third kappa shape index (κ3) is 4.17. The molecule has 0 saturated heterocycles. The SMILES string of the molecule is CC1(C)c2ccccc2-c2ccc(N(c3ccc(-c4cccc5oc6c7ccccc7ccc6c45)cc3)c3cccc4sc5ccccc5c34)cc21. The van der Waals surface area contributed by atoms with Gasteiger partial charge in [-0.3, -0.25) is 0 Å². The van der Waals surface area contributed by atoms with Crippen LogP contribution in [0.25, 0.3) is 75.1 Å². The van der Waals surface area contributed by atoms with Crippen molar-refractivity contribution in [2.45, 2.75) is 19.3 Å². The molecule has 1 aliphatic rings. The minimum atomic E-state index is -0.101. The van der Waals surface area contributed by atoms with Crippen molar-refractivity contribution in [1.82, 2.24) is 0 Å². The fraction of sp³-hybridized carbons (Fsp3) is 0.0612. The highest BCUT2D eigenvalue weighted by atomic mass is 32.1. The monoisotopic (exact) mass is 683 g/mol. The highest BCUT2D eigenvalue weighted by Gasteiger charge is 2.36. The van der Waals surface area contributed by atoms with Gasteiger partial charge in [-0.1, -0.05) is 123 Å². The van der Waals surface area contributed by atoms with E-state index in [2.05, 4.69) is 183 Å². The summed E-state index contributed by atoms with van der Waals surface area (Å²) >= 11 is 1.86. The Bertz CT molecular complexity index is 3050. The van der Waals surface area contributed by atoms with E-state index in [9.17, 15) is 0 Å². The fourth-order valence-corrected chi connectivity index (χ4v) is 9.91. The molecule has 8 aromatic carbocycles. The molecule has 0 amide bonds. The van der Waals surface area contributed by atoms with E-state index in [4.69, 9.17) is 4.42 Å². The summed E-state index contributed by atoms with van der Waals surface area (Å²) in [5.74, 6) is 0. The normalized spacial score (nSPS) is 13.3. The maximum atomic E-state index is 6.54. The molecule has 246 valence electrons. The minimum Gasteiger partial charge on any atom is -0.455 e. The number of anilines is 3. The molecule has 0 unspecified atom stereocenters.